The number of aliphatic imine (C=N–C) groups is 1. The lowest BCUT2D eigenvalue weighted by atomic mass is 9.94. The van der Waals surface area contributed by atoms with Crippen LogP contribution < -0.4 is 9.47 Å². The minimum absolute atomic E-state index is 0.301. The molecule has 0 unspecified atom stereocenters. The van der Waals surface area contributed by atoms with E-state index in [-0.39, 0.29) is 0 Å². The summed E-state index contributed by atoms with van der Waals surface area (Å²) in [6.07, 6.45) is 1.88. The minimum atomic E-state index is 0.301. The second-order valence-corrected chi connectivity index (χ2v) is 5.33. The third kappa shape index (κ3) is 3.98. The van der Waals surface area contributed by atoms with E-state index in [1.807, 2.05) is 24.4 Å². The summed E-state index contributed by atoms with van der Waals surface area (Å²) in [5.41, 5.74) is 0.902. The van der Waals surface area contributed by atoms with Crippen molar-refractivity contribution in [2.75, 3.05) is 14.2 Å². The number of methoxy groups -OCH3 is 2. The maximum atomic E-state index is 5.37. The van der Waals surface area contributed by atoms with Crippen LogP contribution in [0.3, 0.4) is 0 Å². The number of rotatable bonds is 6. The lowest BCUT2D eigenvalue weighted by molar-refractivity contribution is 0.386. The Morgan fingerprint density at radius 1 is 0.947 bits per heavy atom. The van der Waals surface area contributed by atoms with Crippen LogP contribution in [0.25, 0.3) is 0 Å². The summed E-state index contributed by atoms with van der Waals surface area (Å²) in [5.74, 6) is 2.60. The lowest BCUT2D eigenvalue weighted by Crippen LogP contribution is -2.20. The monoisotopic (exact) mass is 263 g/mol. The molecule has 3 heteroatoms. The van der Waals surface area contributed by atoms with E-state index >= 15 is 0 Å². The van der Waals surface area contributed by atoms with Crippen molar-refractivity contribution >= 4 is 6.21 Å². The largest absolute Gasteiger partial charge is 0.496 e. The maximum absolute atomic E-state index is 5.37. The fourth-order valence-electron chi connectivity index (χ4n) is 2.28. The average Bonchev–Trinajstić information content (AvgIpc) is 2.37. The molecule has 106 valence electrons. The molecular formula is C16H25NO2. The molecule has 1 rings (SSSR count). The van der Waals surface area contributed by atoms with Crippen molar-refractivity contribution in [2.24, 2.45) is 16.8 Å². The Balaban J connectivity index is 3.09. The van der Waals surface area contributed by atoms with Crippen LogP contribution in [-0.4, -0.2) is 26.5 Å². The van der Waals surface area contributed by atoms with Gasteiger partial charge in [-0.3, -0.25) is 4.99 Å². The number of hydrogen-bond donors (Lipinski definition) is 0. The first-order valence-electron chi connectivity index (χ1n) is 6.75. The molecular weight excluding hydrogens is 238 g/mol. The molecule has 0 amide bonds. The third-order valence-corrected chi connectivity index (χ3v) is 3.21. The molecule has 0 saturated carbocycles. The first-order valence-corrected chi connectivity index (χ1v) is 6.75. The van der Waals surface area contributed by atoms with E-state index in [2.05, 4.69) is 27.7 Å². The second kappa shape index (κ2) is 7.17. The highest BCUT2D eigenvalue weighted by Gasteiger charge is 2.16. The van der Waals surface area contributed by atoms with E-state index in [1.54, 1.807) is 14.2 Å². The van der Waals surface area contributed by atoms with E-state index < -0.39 is 0 Å². The van der Waals surface area contributed by atoms with E-state index in [1.165, 1.54) is 0 Å². The van der Waals surface area contributed by atoms with Gasteiger partial charge in [-0.05, 0) is 24.0 Å². The summed E-state index contributed by atoms with van der Waals surface area (Å²) < 4.78 is 10.7. The molecule has 0 spiro atoms. The zero-order valence-corrected chi connectivity index (χ0v) is 12.8. The smallest absolute Gasteiger partial charge is 0.131 e. The van der Waals surface area contributed by atoms with Crippen molar-refractivity contribution in [3.05, 3.63) is 23.8 Å². The standard InChI is InChI=1S/C16H25NO2/c1-11(2)16(12(3)4)17-10-13-14(18-5)8-7-9-15(13)19-6/h7-12,16H,1-6H3/b17-10+. The number of ether oxygens (including phenoxy) is 2. The van der Waals surface area contributed by atoms with Gasteiger partial charge in [0.05, 0.1) is 25.8 Å². The molecule has 0 bridgehead atoms. The van der Waals surface area contributed by atoms with Gasteiger partial charge in [-0.1, -0.05) is 33.8 Å². The normalized spacial score (nSPS) is 11.8. The van der Waals surface area contributed by atoms with Gasteiger partial charge in [-0.25, -0.2) is 0 Å². The topological polar surface area (TPSA) is 30.8 Å². The summed E-state index contributed by atoms with van der Waals surface area (Å²) in [4.78, 5) is 4.73. The maximum Gasteiger partial charge on any atom is 0.131 e. The summed E-state index contributed by atoms with van der Waals surface area (Å²) in [5, 5.41) is 0. The lowest BCUT2D eigenvalue weighted by Gasteiger charge is -2.20. The zero-order valence-electron chi connectivity index (χ0n) is 12.8. The zero-order chi connectivity index (χ0) is 14.4. The molecule has 0 heterocycles. The Kier molecular flexibility index (Phi) is 5.87. The molecule has 0 radical (unpaired) electrons. The molecule has 0 fully saturated rings. The molecule has 0 N–H and O–H groups in total. The van der Waals surface area contributed by atoms with Crippen molar-refractivity contribution in [1.82, 2.24) is 0 Å². The summed E-state index contributed by atoms with van der Waals surface area (Å²) in [7, 11) is 3.32. The van der Waals surface area contributed by atoms with Gasteiger partial charge >= 0.3 is 0 Å². The Labute approximate surface area is 116 Å². The Bertz CT molecular complexity index is 395. The van der Waals surface area contributed by atoms with Crippen molar-refractivity contribution in [3.8, 4) is 11.5 Å². The van der Waals surface area contributed by atoms with Gasteiger partial charge in [-0.15, -0.1) is 0 Å². The predicted octanol–water partition coefficient (Wildman–Crippen LogP) is 3.80. The van der Waals surface area contributed by atoms with Gasteiger partial charge in [0, 0.05) is 6.21 Å². The number of hydrogen-bond acceptors (Lipinski definition) is 3. The van der Waals surface area contributed by atoms with E-state index in [0.29, 0.717) is 17.9 Å². The van der Waals surface area contributed by atoms with Crippen LogP contribution in [0.5, 0.6) is 11.5 Å². The molecule has 0 aliphatic carbocycles. The van der Waals surface area contributed by atoms with Gasteiger partial charge in [0.25, 0.3) is 0 Å². The van der Waals surface area contributed by atoms with Gasteiger partial charge in [0.2, 0.25) is 0 Å². The van der Waals surface area contributed by atoms with E-state index in [0.717, 1.165) is 17.1 Å². The van der Waals surface area contributed by atoms with Crippen molar-refractivity contribution < 1.29 is 9.47 Å². The number of nitrogens with zero attached hydrogens (tertiary/aromatic N) is 1. The molecule has 0 saturated heterocycles. The van der Waals surface area contributed by atoms with Gasteiger partial charge < -0.3 is 9.47 Å². The van der Waals surface area contributed by atoms with Crippen LogP contribution in [0, 0.1) is 11.8 Å². The quantitative estimate of drug-likeness (QED) is 0.731. The van der Waals surface area contributed by atoms with Crippen LogP contribution in [0.4, 0.5) is 0 Å². The van der Waals surface area contributed by atoms with Crippen LogP contribution in [0.2, 0.25) is 0 Å². The first kappa shape index (κ1) is 15.5. The molecule has 0 aliphatic heterocycles. The highest BCUT2D eigenvalue weighted by Crippen LogP contribution is 2.27. The molecule has 1 aromatic rings. The van der Waals surface area contributed by atoms with Gasteiger partial charge in [-0.2, -0.15) is 0 Å². The highest BCUT2D eigenvalue weighted by atomic mass is 16.5. The van der Waals surface area contributed by atoms with Crippen molar-refractivity contribution in [3.63, 3.8) is 0 Å². The van der Waals surface area contributed by atoms with Crippen molar-refractivity contribution in [2.45, 2.75) is 33.7 Å². The fourth-order valence-corrected chi connectivity index (χ4v) is 2.28. The Hall–Kier alpha value is -1.51. The van der Waals surface area contributed by atoms with Crippen molar-refractivity contribution in [1.29, 1.82) is 0 Å². The second-order valence-electron chi connectivity index (χ2n) is 5.33. The Morgan fingerprint density at radius 2 is 1.42 bits per heavy atom. The average molecular weight is 263 g/mol. The molecule has 19 heavy (non-hydrogen) atoms. The van der Waals surface area contributed by atoms with E-state index in [9.17, 15) is 0 Å². The summed E-state index contributed by atoms with van der Waals surface area (Å²) in [6, 6.07) is 6.06. The van der Waals surface area contributed by atoms with E-state index in [4.69, 9.17) is 14.5 Å². The fraction of sp³-hybridized carbons (Fsp3) is 0.562. The van der Waals surface area contributed by atoms with Crippen LogP contribution in [0.15, 0.2) is 23.2 Å². The first-order chi connectivity index (χ1) is 9.01. The highest BCUT2D eigenvalue weighted by molar-refractivity contribution is 5.87. The third-order valence-electron chi connectivity index (χ3n) is 3.21. The molecule has 1 aromatic carbocycles. The van der Waals surface area contributed by atoms with Crippen LogP contribution >= 0.6 is 0 Å². The molecule has 3 nitrogen and oxygen atoms in total. The molecule has 0 atom stereocenters. The SMILES string of the molecule is COc1cccc(OC)c1/C=N/C(C(C)C)C(C)C. The predicted molar refractivity (Wildman–Crippen MR) is 80.6 cm³/mol. The van der Waals surface area contributed by atoms with Crippen LogP contribution in [0.1, 0.15) is 33.3 Å². The van der Waals surface area contributed by atoms with Gasteiger partial charge in [0.1, 0.15) is 11.5 Å². The summed E-state index contributed by atoms with van der Waals surface area (Å²) >= 11 is 0. The minimum Gasteiger partial charge on any atom is -0.496 e. The van der Waals surface area contributed by atoms with Crippen LogP contribution in [-0.2, 0) is 0 Å². The molecule has 0 aromatic heterocycles. The molecule has 0 aliphatic rings. The summed E-state index contributed by atoms with van der Waals surface area (Å²) in [6.45, 7) is 8.78. The van der Waals surface area contributed by atoms with Gasteiger partial charge in [0.15, 0.2) is 0 Å². The number of benzene rings is 1. The Morgan fingerprint density at radius 3 is 1.79 bits per heavy atom.